The highest BCUT2D eigenvalue weighted by Crippen LogP contribution is 2.09. The molecule has 0 aliphatic heterocycles. The van der Waals surface area contributed by atoms with Crippen molar-refractivity contribution in [1.29, 1.82) is 0 Å². The standard InChI is InChI=1S/C17H23N3/c1-20(2)14-17(19-16-11-7-4-8-12-16)13-18-15-9-5-3-6-10-15/h3-12,17-19H,13-14H2,1-2H3. The highest BCUT2D eigenvalue weighted by molar-refractivity contribution is 5.46. The van der Waals surface area contributed by atoms with Gasteiger partial charge < -0.3 is 15.5 Å². The maximum absolute atomic E-state index is 3.58. The minimum Gasteiger partial charge on any atom is -0.383 e. The number of hydrogen-bond donors (Lipinski definition) is 2. The third-order valence-corrected chi connectivity index (χ3v) is 3.06. The van der Waals surface area contributed by atoms with Gasteiger partial charge in [0.05, 0.1) is 6.04 Å². The van der Waals surface area contributed by atoms with E-state index in [4.69, 9.17) is 0 Å². The molecule has 3 nitrogen and oxygen atoms in total. The van der Waals surface area contributed by atoms with Crippen LogP contribution in [-0.2, 0) is 0 Å². The highest BCUT2D eigenvalue weighted by Gasteiger charge is 2.09. The molecule has 0 heterocycles. The average molecular weight is 269 g/mol. The summed E-state index contributed by atoms with van der Waals surface area (Å²) < 4.78 is 0. The molecular weight excluding hydrogens is 246 g/mol. The van der Waals surface area contributed by atoms with Crippen LogP contribution in [0.2, 0.25) is 0 Å². The zero-order valence-corrected chi connectivity index (χ0v) is 12.2. The fourth-order valence-electron chi connectivity index (χ4n) is 2.17. The van der Waals surface area contributed by atoms with Gasteiger partial charge in [0.15, 0.2) is 0 Å². The molecule has 0 aliphatic carbocycles. The largest absolute Gasteiger partial charge is 0.383 e. The number of hydrogen-bond acceptors (Lipinski definition) is 3. The molecule has 106 valence electrons. The van der Waals surface area contributed by atoms with Gasteiger partial charge in [0.2, 0.25) is 0 Å². The molecular formula is C17H23N3. The Morgan fingerprint density at radius 3 is 1.95 bits per heavy atom. The number of benzene rings is 2. The molecule has 0 saturated carbocycles. The monoisotopic (exact) mass is 269 g/mol. The van der Waals surface area contributed by atoms with E-state index in [2.05, 4.69) is 66.0 Å². The lowest BCUT2D eigenvalue weighted by molar-refractivity contribution is 0.388. The molecule has 1 atom stereocenters. The van der Waals surface area contributed by atoms with E-state index in [0.29, 0.717) is 6.04 Å². The molecule has 0 aliphatic rings. The molecule has 0 amide bonds. The molecule has 0 spiro atoms. The number of nitrogens with zero attached hydrogens (tertiary/aromatic N) is 1. The zero-order chi connectivity index (χ0) is 14.2. The summed E-state index contributed by atoms with van der Waals surface area (Å²) in [6, 6.07) is 21.0. The van der Waals surface area contributed by atoms with Crippen LogP contribution < -0.4 is 10.6 Å². The van der Waals surface area contributed by atoms with Crippen LogP contribution >= 0.6 is 0 Å². The fraction of sp³-hybridized carbons (Fsp3) is 0.294. The molecule has 0 radical (unpaired) electrons. The van der Waals surface area contributed by atoms with Gasteiger partial charge >= 0.3 is 0 Å². The van der Waals surface area contributed by atoms with Gasteiger partial charge in [0.1, 0.15) is 0 Å². The lowest BCUT2D eigenvalue weighted by Gasteiger charge is -2.24. The van der Waals surface area contributed by atoms with Crippen molar-refractivity contribution in [2.75, 3.05) is 37.8 Å². The van der Waals surface area contributed by atoms with E-state index in [1.54, 1.807) is 0 Å². The summed E-state index contributed by atoms with van der Waals surface area (Å²) >= 11 is 0. The number of anilines is 2. The normalized spacial score (nSPS) is 12.2. The van der Waals surface area contributed by atoms with Crippen LogP contribution in [0.5, 0.6) is 0 Å². The maximum atomic E-state index is 3.58. The van der Waals surface area contributed by atoms with Crippen molar-refractivity contribution in [3.63, 3.8) is 0 Å². The first-order valence-corrected chi connectivity index (χ1v) is 6.99. The van der Waals surface area contributed by atoms with E-state index < -0.39 is 0 Å². The van der Waals surface area contributed by atoms with Gasteiger partial charge in [0, 0.05) is 24.5 Å². The Hall–Kier alpha value is -2.00. The molecule has 2 aromatic rings. The predicted octanol–water partition coefficient (Wildman–Crippen LogP) is 3.14. The Morgan fingerprint density at radius 2 is 1.40 bits per heavy atom. The first-order chi connectivity index (χ1) is 9.74. The number of rotatable bonds is 7. The van der Waals surface area contributed by atoms with Gasteiger partial charge in [-0.3, -0.25) is 0 Å². The summed E-state index contributed by atoms with van der Waals surface area (Å²) in [4.78, 5) is 2.20. The predicted molar refractivity (Wildman–Crippen MR) is 87.3 cm³/mol. The van der Waals surface area contributed by atoms with E-state index in [9.17, 15) is 0 Å². The average Bonchev–Trinajstić information content (AvgIpc) is 2.46. The number of para-hydroxylation sites is 2. The van der Waals surface area contributed by atoms with Crippen molar-refractivity contribution in [1.82, 2.24) is 4.90 Å². The second-order valence-electron chi connectivity index (χ2n) is 5.22. The van der Waals surface area contributed by atoms with Crippen LogP contribution in [-0.4, -0.2) is 38.1 Å². The smallest absolute Gasteiger partial charge is 0.0560 e. The molecule has 2 aromatic carbocycles. The van der Waals surface area contributed by atoms with Crippen LogP contribution in [0.15, 0.2) is 60.7 Å². The topological polar surface area (TPSA) is 27.3 Å². The quantitative estimate of drug-likeness (QED) is 0.808. The molecule has 0 saturated heterocycles. The lowest BCUT2D eigenvalue weighted by atomic mass is 10.2. The summed E-state index contributed by atoms with van der Waals surface area (Å²) in [7, 11) is 4.20. The number of nitrogens with one attached hydrogen (secondary N) is 2. The van der Waals surface area contributed by atoms with Crippen LogP contribution in [0.25, 0.3) is 0 Å². The van der Waals surface area contributed by atoms with Crippen LogP contribution in [0.1, 0.15) is 0 Å². The summed E-state index contributed by atoms with van der Waals surface area (Å²) in [5.74, 6) is 0. The first-order valence-electron chi connectivity index (χ1n) is 6.99. The summed E-state index contributed by atoms with van der Waals surface area (Å²) in [6.07, 6.45) is 0. The molecule has 0 aromatic heterocycles. The van der Waals surface area contributed by atoms with Crippen molar-refractivity contribution in [2.45, 2.75) is 6.04 Å². The first kappa shape index (κ1) is 14.4. The van der Waals surface area contributed by atoms with Crippen LogP contribution in [0.4, 0.5) is 11.4 Å². The van der Waals surface area contributed by atoms with E-state index in [1.165, 1.54) is 0 Å². The molecule has 0 fully saturated rings. The summed E-state index contributed by atoms with van der Waals surface area (Å²) in [6.45, 7) is 1.87. The molecule has 2 rings (SSSR count). The third-order valence-electron chi connectivity index (χ3n) is 3.06. The van der Waals surface area contributed by atoms with Gasteiger partial charge in [-0.2, -0.15) is 0 Å². The summed E-state index contributed by atoms with van der Waals surface area (Å²) in [5, 5.41) is 7.06. The van der Waals surface area contributed by atoms with Crippen LogP contribution in [0.3, 0.4) is 0 Å². The van der Waals surface area contributed by atoms with E-state index in [1.807, 2.05) is 24.3 Å². The van der Waals surface area contributed by atoms with Gasteiger partial charge in [-0.05, 0) is 38.4 Å². The Bertz CT molecular complexity index is 482. The van der Waals surface area contributed by atoms with Gasteiger partial charge in [-0.25, -0.2) is 0 Å². The maximum Gasteiger partial charge on any atom is 0.0560 e. The molecule has 0 bridgehead atoms. The minimum atomic E-state index is 0.354. The fourth-order valence-corrected chi connectivity index (χ4v) is 2.17. The SMILES string of the molecule is CN(C)CC(CNc1ccccc1)Nc1ccccc1. The molecule has 3 heteroatoms. The van der Waals surface area contributed by atoms with E-state index in [-0.39, 0.29) is 0 Å². The lowest BCUT2D eigenvalue weighted by Crippen LogP contribution is -2.37. The van der Waals surface area contributed by atoms with Crippen LogP contribution in [0, 0.1) is 0 Å². The minimum absolute atomic E-state index is 0.354. The van der Waals surface area contributed by atoms with E-state index >= 15 is 0 Å². The van der Waals surface area contributed by atoms with Crippen molar-refractivity contribution in [3.05, 3.63) is 60.7 Å². The molecule has 20 heavy (non-hydrogen) atoms. The molecule has 1 unspecified atom stereocenters. The summed E-state index contributed by atoms with van der Waals surface area (Å²) in [5.41, 5.74) is 2.32. The van der Waals surface area contributed by atoms with Gasteiger partial charge in [-0.1, -0.05) is 36.4 Å². The third kappa shape index (κ3) is 4.94. The molecule has 2 N–H and O–H groups in total. The van der Waals surface area contributed by atoms with Gasteiger partial charge in [0.25, 0.3) is 0 Å². The Labute approximate surface area is 121 Å². The Morgan fingerprint density at radius 1 is 0.850 bits per heavy atom. The zero-order valence-electron chi connectivity index (χ0n) is 12.2. The van der Waals surface area contributed by atoms with Crippen molar-refractivity contribution in [3.8, 4) is 0 Å². The van der Waals surface area contributed by atoms with Crippen molar-refractivity contribution < 1.29 is 0 Å². The van der Waals surface area contributed by atoms with Crippen molar-refractivity contribution in [2.24, 2.45) is 0 Å². The second kappa shape index (κ2) is 7.56. The van der Waals surface area contributed by atoms with Crippen molar-refractivity contribution >= 4 is 11.4 Å². The Balaban J connectivity index is 1.93. The second-order valence-corrected chi connectivity index (χ2v) is 5.22. The highest BCUT2D eigenvalue weighted by atomic mass is 15.1. The van der Waals surface area contributed by atoms with Gasteiger partial charge in [-0.15, -0.1) is 0 Å². The van der Waals surface area contributed by atoms with E-state index in [0.717, 1.165) is 24.5 Å². The Kier molecular flexibility index (Phi) is 5.44. The number of likely N-dealkylation sites (N-methyl/N-ethyl adjacent to an activating group) is 1.